The third kappa shape index (κ3) is 23.8. The predicted octanol–water partition coefficient (Wildman–Crippen LogP) is 1.77. The fourth-order valence-electron chi connectivity index (χ4n) is 10.1. The molecule has 0 spiro atoms. The standard InChI is InChI=1S/C56H100N2O21/c1-4-6-8-10-12-14-16-17-18-20-21-23-25-27-29-38(63)37(58-43(66)30-28-26-24-22-19-15-13-11-9-7-5-2)35-74-53-48(70)47(69)50(42(34-61)76-53)77-54-49(71)52(46(68)41(33-60)75-54)79-56(55(72)73)31-39(64)44(57-36(3)62)51(78-56)45(67)40(65)32-59/h11,13,27,29,37-42,44-54,59-61,63-65,67-71H,4-10,12,14-26,28,30-35H2,1-3H3,(H,57,62)(H,58,66)(H,72,73)/b13-11-,29-27+. The number of hydrogen-bond donors (Lipinski definition) is 14. The first kappa shape index (κ1) is 70.5. The molecule has 2 amide bonds. The van der Waals surface area contributed by atoms with Gasteiger partial charge in [-0.3, -0.25) is 9.59 Å². The predicted molar refractivity (Wildman–Crippen MR) is 288 cm³/mol. The first-order valence-corrected chi connectivity index (χ1v) is 29.2. The van der Waals surface area contributed by atoms with Gasteiger partial charge in [0.1, 0.15) is 67.1 Å². The van der Waals surface area contributed by atoms with Crippen LogP contribution in [0.3, 0.4) is 0 Å². The maximum absolute atomic E-state index is 13.3. The summed E-state index contributed by atoms with van der Waals surface area (Å²) in [6.07, 6.45) is 2.64. The molecule has 0 aromatic heterocycles. The lowest BCUT2D eigenvalue weighted by atomic mass is 9.88. The SMILES string of the molecule is CCCC/C=C\CCCCCCCC(=O)NC(COC1OC(CO)C(OC2OC(CO)C(O)C(OC3(C(=O)O)CC(O)C(NC(C)=O)C(C(O)C(O)CO)O3)C2O)C(O)C1O)C(O)/C=C/CCCCCCCCCCCCCC. The van der Waals surface area contributed by atoms with Crippen LogP contribution in [0.25, 0.3) is 0 Å². The van der Waals surface area contributed by atoms with Crippen molar-refractivity contribution in [3.05, 3.63) is 24.3 Å². The number of carboxylic acids is 1. The van der Waals surface area contributed by atoms with Gasteiger partial charge in [0, 0.05) is 19.8 Å². The third-order valence-electron chi connectivity index (χ3n) is 14.9. The largest absolute Gasteiger partial charge is 0.477 e. The summed E-state index contributed by atoms with van der Waals surface area (Å²) in [5.74, 6) is -6.16. The summed E-state index contributed by atoms with van der Waals surface area (Å²) in [4.78, 5) is 38.3. The number of aliphatic carboxylic acids is 1. The molecule has 0 aromatic rings. The number of unbranched alkanes of at least 4 members (excludes halogenated alkanes) is 19. The van der Waals surface area contributed by atoms with E-state index in [1.54, 1.807) is 6.08 Å². The van der Waals surface area contributed by atoms with Crippen molar-refractivity contribution in [2.45, 2.75) is 285 Å². The molecule has 3 aliphatic heterocycles. The Labute approximate surface area is 466 Å². The van der Waals surface area contributed by atoms with Crippen molar-refractivity contribution in [3.8, 4) is 0 Å². The van der Waals surface area contributed by atoms with Gasteiger partial charge in [-0.05, 0) is 38.5 Å². The lowest BCUT2D eigenvalue weighted by Crippen LogP contribution is -2.70. The van der Waals surface area contributed by atoms with E-state index < -0.39 is 155 Å². The van der Waals surface area contributed by atoms with E-state index in [1.807, 2.05) is 6.08 Å². The van der Waals surface area contributed by atoms with Gasteiger partial charge >= 0.3 is 5.97 Å². The number of amides is 2. The number of allylic oxidation sites excluding steroid dienone is 3. The highest BCUT2D eigenvalue weighted by Crippen LogP contribution is 2.38. The van der Waals surface area contributed by atoms with Crippen molar-refractivity contribution in [2.75, 3.05) is 26.4 Å². The van der Waals surface area contributed by atoms with Crippen LogP contribution in [0, 0.1) is 0 Å². The van der Waals surface area contributed by atoms with Crippen LogP contribution in [0.1, 0.15) is 175 Å². The first-order valence-electron chi connectivity index (χ1n) is 29.2. The van der Waals surface area contributed by atoms with E-state index in [1.165, 1.54) is 64.2 Å². The van der Waals surface area contributed by atoms with Crippen LogP contribution < -0.4 is 10.6 Å². The molecule has 23 heteroatoms. The van der Waals surface area contributed by atoms with Gasteiger partial charge in [0.25, 0.3) is 5.79 Å². The summed E-state index contributed by atoms with van der Waals surface area (Å²) < 4.78 is 34.6. The van der Waals surface area contributed by atoms with Crippen molar-refractivity contribution in [2.24, 2.45) is 0 Å². The summed E-state index contributed by atoms with van der Waals surface area (Å²) in [5, 5.41) is 135. The Balaban J connectivity index is 1.70. The summed E-state index contributed by atoms with van der Waals surface area (Å²) in [7, 11) is 0. The van der Waals surface area contributed by atoms with Crippen molar-refractivity contribution in [1.82, 2.24) is 10.6 Å². The molecule has 79 heavy (non-hydrogen) atoms. The van der Waals surface area contributed by atoms with Gasteiger partial charge in [-0.15, -0.1) is 0 Å². The smallest absolute Gasteiger partial charge is 0.364 e. The monoisotopic (exact) mass is 1140 g/mol. The van der Waals surface area contributed by atoms with Crippen molar-refractivity contribution >= 4 is 17.8 Å². The molecule has 18 atom stereocenters. The van der Waals surface area contributed by atoms with Crippen molar-refractivity contribution in [1.29, 1.82) is 0 Å². The molecule has 3 rings (SSSR count). The topological polar surface area (TPSA) is 373 Å². The van der Waals surface area contributed by atoms with E-state index in [4.69, 9.17) is 28.4 Å². The van der Waals surface area contributed by atoms with Crippen LogP contribution in [-0.2, 0) is 42.8 Å². The second-order valence-electron chi connectivity index (χ2n) is 21.5. The molecule has 3 heterocycles. The number of carbonyl (C=O) groups is 3. The molecule has 460 valence electrons. The number of aliphatic hydroxyl groups excluding tert-OH is 11. The highest BCUT2D eigenvalue weighted by Gasteiger charge is 2.60. The Bertz CT molecular complexity index is 1730. The minimum atomic E-state index is -3.08. The zero-order chi connectivity index (χ0) is 58.3. The highest BCUT2D eigenvalue weighted by molar-refractivity contribution is 5.77. The molecular weight excluding hydrogens is 1040 g/mol. The number of carbonyl (C=O) groups excluding carboxylic acids is 2. The molecule has 3 fully saturated rings. The number of hydrogen-bond acceptors (Lipinski definition) is 20. The number of ether oxygens (including phenoxy) is 6. The number of carboxylic acid groups (broad SMARTS) is 1. The number of nitrogens with one attached hydrogen (secondary N) is 2. The van der Waals surface area contributed by atoms with Crippen LogP contribution in [0.2, 0.25) is 0 Å². The Morgan fingerprint density at radius 3 is 1.76 bits per heavy atom. The third-order valence-corrected chi connectivity index (χ3v) is 14.9. The van der Waals surface area contributed by atoms with E-state index in [-0.39, 0.29) is 12.3 Å². The minimum Gasteiger partial charge on any atom is -0.477 e. The van der Waals surface area contributed by atoms with Gasteiger partial charge in [0.05, 0.1) is 50.7 Å². The van der Waals surface area contributed by atoms with Gasteiger partial charge in [-0.25, -0.2) is 4.79 Å². The van der Waals surface area contributed by atoms with E-state index in [2.05, 4.69) is 36.6 Å². The average molecular weight is 1140 g/mol. The zero-order valence-corrected chi connectivity index (χ0v) is 47.0. The first-order chi connectivity index (χ1) is 37.9. The maximum Gasteiger partial charge on any atom is 0.364 e. The summed E-state index contributed by atoms with van der Waals surface area (Å²) in [5.41, 5.74) is 0. The van der Waals surface area contributed by atoms with Gasteiger partial charge < -0.3 is 100 Å². The molecule has 0 aromatic carbocycles. The Hall–Kier alpha value is -2.79. The van der Waals surface area contributed by atoms with Gasteiger partial charge in [-0.2, -0.15) is 0 Å². The average Bonchev–Trinajstić information content (AvgIpc) is 3.43. The second-order valence-corrected chi connectivity index (χ2v) is 21.5. The van der Waals surface area contributed by atoms with E-state index in [0.29, 0.717) is 12.8 Å². The highest BCUT2D eigenvalue weighted by atomic mass is 16.8. The van der Waals surface area contributed by atoms with Crippen LogP contribution >= 0.6 is 0 Å². The normalized spacial score (nSPS) is 31.0. The van der Waals surface area contributed by atoms with E-state index in [9.17, 15) is 75.7 Å². The molecule has 0 bridgehead atoms. The fourth-order valence-corrected chi connectivity index (χ4v) is 10.1. The number of aliphatic hydroxyl groups is 11. The Kier molecular flexibility index (Phi) is 34.7. The minimum absolute atomic E-state index is 0.189. The van der Waals surface area contributed by atoms with E-state index >= 15 is 0 Å². The Morgan fingerprint density at radius 1 is 0.658 bits per heavy atom. The Morgan fingerprint density at radius 2 is 1.20 bits per heavy atom. The lowest BCUT2D eigenvalue weighted by molar-refractivity contribution is -0.386. The van der Waals surface area contributed by atoms with Gasteiger partial charge in [-0.1, -0.05) is 141 Å². The molecule has 0 radical (unpaired) electrons. The van der Waals surface area contributed by atoms with Crippen LogP contribution in [0.5, 0.6) is 0 Å². The van der Waals surface area contributed by atoms with Gasteiger partial charge in [0.15, 0.2) is 12.6 Å². The maximum atomic E-state index is 13.3. The molecule has 0 saturated carbocycles. The molecular formula is C56H100N2O21. The summed E-state index contributed by atoms with van der Waals surface area (Å²) in [6.45, 7) is 2.02. The molecule has 3 saturated heterocycles. The number of rotatable bonds is 41. The summed E-state index contributed by atoms with van der Waals surface area (Å²) >= 11 is 0. The molecule has 3 aliphatic rings. The van der Waals surface area contributed by atoms with Crippen molar-refractivity contribution in [3.63, 3.8) is 0 Å². The molecule has 18 unspecified atom stereocenters. The quantitative estimate of drug-likeness (QED) is 0.0306. The van der Waals surface area contributed by atoms with Gasteiger partial charge in [0.2, 0.25) is 11.8 Å². The molecule has 0 aliphatic carbocycles. The molecule has 23 nitrogen and oxygen atoms in total. The zero-order valence-electron chi connectivity index (χ0n) is 47.0. The van der Waals surface area contributed by atoms with Crippen LogP contribution in [-0.4, -0.2) is 215 Å². The second kappa shape index (κ2) is 38.9. The van der Waals surface area contributed by atoms with Crippen LogP contribution in [0.4, 0.5) is 0 Å². The van der Waals surface area contributed by atoms with Crippen LogP contribution in [0.15, 0.2) is 24.3 Å². The lowest BCUT2D eigenvalue weighted by Gasteiger charge is -2.50. The summed E-state index contributed by atoms with van der Waals surface area (Å²) in [6, 6.07) is -2.62. The molecule has 14 N–H and O–H groups in total. The fraction of sp³-hybridized carbons (Fsp3) is 0.875. The van der Waals surface area contributed by atoms with Crippen molar-refractivity contribution < 1.29 is 104 Å². The van der Waals surface area contributed by atoms with E-state index in [0.717, 1.165) is 71.1 Å².